The molecule has 1 aliphatic heterocycles. The van der Waals surface area contributed by atoms with E-state index in [0.29, 0.717) is 12.5 Å². The van der Waals surface area contributed by atoms with Gasteiger partial charge < -0.3 is 15.0 Å². The molecule has 0 aliphatic carbocycles. The lowest BCUT2D eigenvalue weighted by Crippen LogP contribution is -2.42. The number of nitrogens with one attached hydrogen (secondary N) is 2. The number of amides is 1. The molecule has 3 aromatic rings. The van der Waals surface area contributed by atoms with Gasteiger partial charge in [-0.3, -0.25) is 14.9 Å². The van der Waals surface area contributed by atoms with Crippen LogP contribution in [0.4, 0.5) is 0 Å². The summed E-state index contributed by atoms with van der Waals surface area (Å²) in [5.74, 6) is 0.742. The first-order valence-corrected chi connectivity index (χ1v) is 13.0. The van der Waals surface area contributed by atoms with Crippen LogP contribution in [0.15, 0.2) is 42.7 Å². The lowest BCUT2D eigenvalue weighted by atomic mass is 9.93. The van der Waals surface area contributed by atoms with E-state index < -0.39 is 5.41 Å². The zero-order chi connectivity index (χ0) is 25.5. The van der Waals surface area contributed by atoms with Crippen molar-refractivity contribution >= 4 is 5.91 Å². The van der Waals surface area contributed by atoms with Gasteiger partial charge in [-0.1, -0.05) is 17.2 Å². The normalized spacial score (nSPS) is 13.8. The number of aromatic nitrogens is 3. The highest BCUT2D eigenvalue weighted by Crippen LogP contribution is 2.31. The van der Waals surface area contributed by atoms with Crippen molar-refractivity contribution < 1.29 is 9.53 Å². The number of H-pyrrole nitrogens is 1. The first-order valence-electron chi connectivity index (χ1n) is 13.0. The van der Waals surface area contributed by atoms with Crippen LogP contribution in [0.2, 0.25) is 0 Å². The summed E-state index contributed by atoms with van der Waals surface area (Å²) in [5.41, 5.74) is 6.21. The number of nitrogens with zero attached hydrogens (tertiary/aromatic N) is 3. The number of benzene rings is 1. The number of hydrogen-bond donors (Lipinski definition) is 2. The fourth-order valence-electron chi connectivity index (χ4n) is 4.84. The third-order valence-corrected chi connectivity index (χ3v) is 6.77. The van der Waals surface area contributed by atoms with Crippen LogP contribution in [0.1, 0.15) is 48.9 Å². The number of aromatic amines is 1. The number of ether oxygens (including phenoxy) is 1. The lowest BCUT2D eigenvalue weighted by molar-refractivity contribution is -0.140. The second kappa shape index (κ2) is 11.7. The summed E-state index contributed by atoms with van der Waals surface area (Å²) in [6.07, 6.45) is 7.55. The van der Waals surface area contributed by atoms with Gasteiger partial charge in [0.2, 0.25) is 11.8 Å². The summed E-state index contributed by atoms with van der Waals surface area (Å²) in [5, 5.41) is 11.3. The number of hydrogen-bond acceptors (Lipinski definition) is 5. The molecule has 0 saturated carbocycles. The lowest BCUT2D eigenvalue weighted by Gasteiger charge is -2.28. The standard InChI is InChI=1S/C29H39N5O2/c1-21-17-22(2)19-24(18-21)26-25(10-14-31-13-9-23-7-11-30-12-8-23)27(33-32-26)36-20-29(3,4)28(35)34-15-5-6-16-34/h7-8,11-12,17-19,31H,5-6,9-10,13-16,20H2,1-4H3,(H,32,33). The molecule has 36 heavy (non-hydrogen) atoms. The molecule has 0 unspecified atom stereocenters. The maximum atomic E-state index is 13.0. The minimum Gasteiger partial charge on any atom is -0.475 e. The Morgan fingerprint density at radius 1 is 1.06 bits per heavy atom. The highest BCUT2D eigenvalue weighted by atomic mass is 16.5. The second-order valence-electron chi connectivity index (χ2n) is 10.5. The van der Waals surface area contributed by atoms with Gasteiger partial charge in [-0.05, 0) is 96.3 Å². The van der Waals surface area contributed by atoms with Crippen molar-refractivity contribution in [3.8, 4) is 17.1 Å². The van der Waals surface area contributed by atoms with E-state index in [1.54, 1.807) is 0 Å². The number of carbonyl (C=O) groups excluding carboxylic acids is 1. The van der Waals surface area contributed by atoms with Crippen LogP contribution in [0.3, 0.4) is 0 Å². The molecule has 192 valence electrons. The minimum atomic E-state index is -0.608. The van der Waals surface area contributed by atoms with E-state index in [9.17, 15) is 4.79 Å². The first-order chi connectivity index (χ1) is 17.3. The molecule has 0 atom stereocenters. The molecular weight excluding hydrogens is 450 g/mol. The van der Waals surface area contributed by atoms with E-state index in [4.69, 9.17) is 4.74 Å². The summed E-state index contributed by atoms with van der Waals surface area (Å²) < 4.78 is 6.25. The van der Waals surface area contributed by atoms with Crippen LogP contribution in [0.25, 0.3) is 11.3 Å². The third kappa shape index (κ3) is 6.52. The molecule has 0 bridgehead atoms. The van der Waals surface area contributed by atoms with Gasteiger partial charge in [0.1, 0.15) is 6.61 Å². The first kappa shape index (κ1) is 25.9. The van der Waals surface area contributed by atoms with E-state index in [2.05, 4.69) is 52.5 Å². The zero-order valence-electron chi connectivity index (χ0n) is 22.1. The molecule has 1 saturated heterocycles. The molecule has 0 spiro atoms. The smallest absolute Gasteiger partial charge is 0.236 e. The SMILES string of the molecule is Cc1cc(C)cc(-c2[nH]nc(OCC(C)(C)C(=O)N3CCCC3)c2CCNCCc2ccncc2)c1. The summed E-state index contributed by atoms with van der Waals surface area (Å²) in [4.78, 5) is 19.1. The average molecular weight is 490 g/mol. The Labute approximate surface area is 214 Å². The molecule has 2 N–H and O–H groups in total. The molecule has 1 fully saturated rings. The Morgan fingerprint density at radius 2 is 1.72 bits per heavy atom. The van der Waals surface area contributed by atoms with Gasteiger partial charge in [0, 0.05) is 36.6 Å². The quantitative estimate of drug-likeness (QED) is 0.388. The minimum absolute atomic E-state index is 0.157. The molecule has 1 aliphatic rings. The predicted octanol–water partition coefficient (Wildman–Crippen LogP) is 4.49. The number of aryl methyl sites for hydroxylation is 2. The van der Waals surface area contributed by atoms with Crippen molar-refractivity contribution in [3.05, 3.63) is 65.0 Å². The number of pyridine rings is 1. The largest absolute Gasteiger partial charge is 0.475 e. The van der Waals surface area contributed by atoms with Crippen LogP contribution >= 0.6 is 0 Å². The second-order valence-corrected chi connectivity index (χ2v) is 10.5. The van der Waals surface area contributed by atoms with E-state index >= 15 is 0 Å². The van der Waals surface area contributed by atoms with Crippen LogP contribution in [0, 0.1) is 19.3 Å². The Morgan fingerprint density at radius 3 is 2.42 bits per heavy atom. The molecule has 1 aromatic carbocycles. The van der Waals surface area contributed by atoms with Crippen LogP contribution in [0.5, 0.6) is 5.88 Å². The van der Waals surface area contributed by atoms with Gasteiger partial charge in [0.05, 0.1) is 11.1 Å². The van der Waals surface area contributed by atoms with Gasteiger partial charge >= 0.3 is 0 Å². The van der Waals surface area contributed by atoms with Crippen molar-refractivity contribution in [2.24, 2.45) is 5.41 Å². The maximum Gasteiger partial charge on any atom is 0.236 e. The molecule has 4 rings (SSSR count). The number of carbonyl (C=O) groups is 1. The summed E-state index contributed by atoms with van der Waals surface area (Å²) in [7, 11) is 0. The van der Waals surface area contributed by atoms with E-state index in [1.807, 2.05) is 43.3 Å². The number of likely N-dealkylation sites (tertiary alicyclic amines) is 1. The number of rotatable bonds is 11. The Bertz CT molecular complexity index is 1130. The van der Waals surface area contributed by atoms with Gasteiger partial charge in [0.25, 0.3) is 0 Å². The van der Waals surface area contributed by atoms with E-state index in [1.165, 1.54) is 16.7 Å². The van der Waals surface area contributed by atoms with Crippen molar-refractivity contribution in [2.45, 2.75) is 53.4 Å². The molecule has 7 heteroatoms. The monoisotopic (exact) mass is 489 g/mol. The maximum absolute atomic E-state index is 13.0. The summed E-state index contributed by atoms with van der Waals surface area (Å²) >= 11 is 0. The van der Waals surface area contributed by atoms with Crippen molar-refractivity contribution in [1.29, 1.82) is 0 Å². The van der Waals surface area contributed by atoms with Crippen molar-refractivity contribution in [2.75, 3.05) is 32.8 Å². The average Bonchev–Trinajstić information content (AvgIpc) is 3.52. The molecular formula is C29H39N5O2. The van der Waals surface area contributed by atoms with Gasteiger partial charge in [-0.15, -0.1) is 5.10 Å². The Kier molecular flexibility index (Phi) is 8.41. The van der Waals surface area contributed by atoms with Gasteiger partial charge in [-0.2, -0.15) is 0 Å². The Balaban J connectivity index is 1.46. The van der Waals surface area contributed by atoms with Gasteiger partial charge in [-0.25, -0.2) is 0 Å². The van der Waals surface area contributed by atoms with E-state index in [0.717, 1.165) is 68.7 Å². The van der Waals surface area contributed by atoms with Gasteiger partial charge in [0.15, 0.2) is 0 Å². The van der Waals surface area contributed by atoms with Crippen LogP contribution < -0.4 is 10.1 Å². The van der Waals surface area contributed by atoms with E-state index in [-0.39, 0.29) is 5.91 Å². The molecule has 2 aromatic heterocycles. The molecule has 0 radical (unpaired) electrons. The fraction of sp³-hybridized carbons (Fsp3) is 0.483. The summed E-state index contributed by atoms with van der Waals surface area (Å²) in [6, 6.07) is 10.6. The summed E-state index contributed by atoms with van der Waals surface area (Å²) in [6.45, 7) is 11.8. The van der Waals surface area contributed by atoms with Crippen molar-refractivity contribution in [1.82, 2.24) is 25.4 Å². The third-order valence-electron chi connectivity index (χ3n) is 6.77. The van der Waals surface area contributed by atoms with Crippen molar-refractivity contribution in [3.63, 3.8) is 0 Å². The highest BCUT2D eigenvalue weighted by Gasteiger charge is 2.34. The Hall–Kier alpha value is -3.19. The highest BCUT2D eigenvalue weighted by molar-refractivity contribution is 5.82. The predicted molar refractivity (Wildman–Crippen MR) is 143 cm³/mol. The molecule has 1 amide bonds. The molecule has 7 nitrogen and oxygen atoms in total. The fourth-order valence-corrected chi connectivity index (χ4v) is 4.84. The zero-order valence-corrected chi connectivity index (χ0v) is 22.1. The molecule has 3 heterocycles. The van der Waals surface area contributed by atoms with Crippen LogP contribution in [-0.4, -0.2) is 58.8 Å². The topological polar surface area (TPSA) is 83.1 Å². The van der Waals surface area contributed by atoms with Crippen LogP contribution in [-0.2, 0) is 17.6 Å².